The molecule has 0 saturated carbocycles. The Kier molecular flexibility index (Phi) is 7.77. The summed E-state index contributed by atoms with van der Waals surface area (Å²) in [6.45, 7) is 3.61. The molecule has 188 valence electrons. The van der Waals surface area contributed by atoms with Gasteiger partial charge in [0, 0.05) is 19.1 Å². The molecule has 1 unspecified atom stereocenters. The van der Waals surface area contributed by atoms with Crippen molar-refractivity contribution in [2.45, 2.75) is 25.1 Å². The van der Waals surface area contributed by atoms with Crippen molar-refractivity contribution in [2.75, 3.05) is 11.1 Å². The van der Waals surface area contributed by atoms with E-state index in [0.717, 1.165) is 0 Å². The van der Waals surface area contributed by atoms with Crippen molar-refractivity contribution >= 4 is 46.6 Å². The van der Waals surface area contributed by atoms with Gasteiger partial charge in [0.2, 0.25) is 5.91 Å². The Morgan fingerprint density at radius 3 is 2.56 bits per heavy atom. The van der Waals surface area contributed by atoms with Gasteiger partial charge in [0.15, 0.2) is 17.1 Å². The van der Waals surface area contributed by atoms with E-state index in [1.54, 1.807) is 48.5 Å². The van der Waals surface area contributed by atoms with Crippen LogP contribution in [0.2, 0.25) is 10.0 Å². The molecule has 0 aliphatic rings. The van der Waals surface area contributed by atoms with Crippen molar-refractivity contribution in [3.63, 3.8) is 0 Å². The van der Waals surface area contributed by atoms with E-state index >= 15 is 0 Å². The maximum absolute atomic E-state index is 13.0. The minimum Gasteiger partial charge on any atom is -0.481 e. The number of anilines is 1. The Balaban J connectivity index is 1.42. The Labute approximate surface area is 222 Å². The third-order valence-corrected chi connectivity index (χ3v) is 7.13. The largest absolute Gasteiger partial charge is 0.481 e. The van der Waals surface area contributed by atoms with Gasteiger partial charge in [-0.15, -0.1) is 10.2 Å². The zero-order chi connectivity index (χ0) is 26.0. The average molecular weight is 547 g/mol. The lowest BCUT2D eigenvalue weighted by molar-refractivity contribution is -0.113. The summed E-state index contributed by atoms with van der Waals surface area (Å²) in [7, 11) is 3.56. The highest BCUT2D eigenvalue weighted by Gasteiger charge is 2.21. The van der Waals surface area contributed by atoms with E-state index in [2.05, 4.69) is 15.5 Å². The number of halogens is 2. The number of para-hydroxylation sites is 1. The number of benzene rings is 2. The third-order valence-electron chi connectivity index (χ3n) is 5.58. The average Bonchev–Trinajstić information content (AvgIpc) is 3.32. The number of hydrogen-bond acceptors (Lipinski definition) is 6. The first-order valence-electron chi connectivity index (χ1n) is 10.9. The first kappa shape index (κ1) is 25.9. The minimum atomic E-state index is -0.451. The Morgan fingerprint density at radius 2 is 1.86 bits per heavy atom. The second-order valence-corrected chi connectivity index (χ2v) is 9.79. The maximum atomic E-state index is 13.0. The molecule has 12 heteroatoms. The molecule has 0 aliphatic carbocycles. The molecule has 1 amide bonds. The van der Waals surface area contributed by atoms with Crippen LogP contribution in [0.1, 0.15) is 24.5 Å². The molecular formula is C24H24Cl2N6O3S. The molecule has 2 aromatic carbocycles. The summed E-state index contributed by atoms with van der Waals surface area (Å²) in [6.07, 6.45) is -0.451. The molecule has 36 heavy (non-hydrogen) atoms. The lowest BCUT2D eigenvalue weighted by atomic mass is 10.3. The molecule has 2 aromatic heterocycles. The number of amides is 1. The zero-order valence-corrected chi connectivity index (χ0v) is 22.4. The van der Waals surface area contributed by atoms with Crippen LogP contribution in [0, 0.1) is 6.92 Å². The van der Waals surface area contributed by atoms with Crippen molar-refractivity contribution in [3.8, 4) is 11.4 Å². The van der Waals surface area contributed by atoms with Crippen LogP contribution in [-0.4, -0.2) is 35.8 Å². The van der Waals surface area contributed by atoms with Gasteiger partial charge in [0.25, 0.3) is 5.56 Å². The Hall–Kier alpha value is -3.21. The summed E-state index contributed by atoms with van der Waals surface area (Å²) in [5.74, 6) is 0.759. The van der Waals surface area contributed by atoms with Gasteiger partial charge in [-0.25, -0.2) is 4.68 Å². The summed E-state index contributed by atoms with van der Waals surface area (Å²) in [6, 6.07) is 14.2. The van der Waals surface area contributed by atoms with Crippen molar-refractivity contribution in [3.05, 3.63) is 80.4 Å². The lowest BCUT2D eigenvalue weighted by Crippen LogP contribution is -2.23. The van der Waals surface area contributed by atoms with Gasteiger partial charge in [-0.2, -0.15) is 0 Å². The van der Waals surface area contributed by atoms with Crippen molar-refractivity contribution in [1.29, 1.82) is 0 Å². The third kappa shape index (κ3) is 5.30. The predicted molar refractivity (Wildman–Crippen MR) is 142 cm³/mol. The van der Waals surface area contributed by atoms with Gasteiger partial charge in [-0.1, -0.05) is 53.2 Å². The highest BCUT2D eigenvalue weighted by Crippen LogP contribution is 2.31. The van der Waals surface area contributed by atoms with Crippen LogP contribution in [-0.2, 0) is 18.9 Å². The predicted octanol–water partition coefficient (Wildman–Crippen LogP) is 4.79. The van der Waals surface area contributed by atoms with Gasteiger partial charge in [0.1, 0.15) is 11.4 Å². The summed E-state index contributed by atoms with van der Waals surface area (Å²) >= 11 is 13.3. The fourth-order valence-corrected chi connectivity index (χ4v) is 4.81. The van der Waals surface area contributed by atoms with Crippen molar-refractivity contribution in [2.24, 2.45) is 14.1 Å². The fourth-order valence-electron chi connectivity index (χ4n) is 3.64. The quantitative estimate of drug-likeness (QED) is 0.319. The summed E-state index contributed by atoms with van der Waals surface area (Å²) in [5.41, 5.74) is 1.31. The molecule has 0 bridgehead atoms. The van der Waals surface area contributed by atoms with Gasteiger partial charge in [0.05, 0.1) is 22.2 Å². The molecule has 0 saturated heterocycles. The van der Waals surface area contributed by atoms with Crippen LogP contribution < -0.4 is 15.6 Å². The molecule has 0 radical (unpaired) electrons. The van der Waals surface area contributed by atoms with E-state index in [-0.39, 0.29) is 22.9 Å². The first-order valence-corrected chi connectivity index (χ1v) is 12.7. The van der Waals surface area contributed by atoms with Crippen LogP contribution in [0.4, 0.5) is 5.69 Å². The lowest BCUT2D eigenvalue weighted by Gasteiger charge is -2.15. The normalized spacial score (nSPS) is 11.9. The standard InChI is InChI=1S/C24H24Cl2N6O3S/c1-14-21(23(34)32(31(14)4)17-8-6-5-7-9-17)27-20(33)13-36-24-29-28-22(30(24)3)15(2)35-19-11-10-16(25)12-18(19)26/h5-12,15H,13H2,1-4H3,(H,27,33). The smallest absolute Gasteiger partial charge is 0.295 e. The van der Waals surface area contributed by atoms with Gasteiger partial charge >= 0.3 is 0 Å². The zero-order valence-electron chi connectivity index (χ0n) is 20.0. The van der Waals surface area contributed by atoms with E-state index in [0.29, 0.717) is 38.2 Å². The molecule has 0 spiro atoms. The minimum absolute atomic E-state index is 0.0450. The molecule has 9 nitrogen and oxygen atoms in total. The van der Waals surface area contributed by atoms with Crippen LogP contribution in [0.5, 0.6) is 5.75 Å². The Morgan fingerprint density at radius 1 is 1.14 bits per heavy atom. The number of aromatic nitrogens is 5. The second-order valence-electron chi connectivity index (χ2n) is 8.01. The van der Waals surface area contributed by atoms with E-state index in [4.69, 9.17) is 27.9 Å². The summed E-state index contributed by atoms with van der Waals surface area (Å²) in [5, 5.41) is 12.6. The van der Waals surface area contributed by atoms with Crippen LogP contribution in [0.15, 0.2) is 58.5 Å². The van der Waals surface area contributed by atoms with Crippen molar-refractivity contribution in [1.82, 2.24) is 24.1 Å². The number of carbonyl (C=O) groups excluding carboxylic acids is 1. The van der Waals surface area contributed by atoms with Gasteiger partial charge in [-0.05, 0) is 44.2 Å². The molecule has 1 atom stereocenters. The van der Waals surface area contributed by atoms with Gasteiger partial charge in [-0.3, -0.25) is 14.3 Å². The van der Waals surface area contributed by atoms with Crippen LogP contribution in [0.25, 0.3) is 5.69 Å². The first-order chi connectivity index (χ1) is 17.2. The highest BCUT2D eigenvalue weighted by atomic mass is 35.5. The summed E-state index contributed by atoms with van der Waals surface area (Å²) in [4.78, 5) is 25.7. The molecule has 4 aromatic rings. The number of rotatable bonds is 8. The Bertz CT molecular complexity index is 1460. The second kappa shape index (κ2) is 10.8. The van der Waals surface area contributed by atoms with E-state index in [9.17, 15) is 9.59 Å². The van der Waals surface area contributed by atoms with Gasteiger partial charge < -0.3 is 14.6 Å². The van der Waals surface area contributed by atoms with E-state index in [1.807, 2.05) is 37.3 Å². The molecule has 1 N–H and O–H groups in total. The fraction of sp³-hybridized carbons (Fsp3) is 0.250. The maximum Gasteiger partial charge on any atom is 0.295 e. The number of thioether (sulfide) groups is 1. The molecule has 4 rings (SSSR count). The van der Waals surface area contributed by atoms with E-state index < -0.39 is 6.10 Å². The van der Waals surface area contributed by atoms with Crippen LogP contribution >= 0.6 is 35.0 Å². The number of nitrogens with zero attached hydrogens (tertiary/aromatic N) is 5. The number of nitrogens with one attached hydrogen (secondary N) is 1. The topological polar surface area (TPSA) is 96.0 Å². The molecular weight excluding hydrogens is 523 g/mol. The highest BCUT2D eigenvalue weighted by molar-refractivity contribution is 7.99. The van der Waals surface area contributed by atoms with Crippen LogP contribution in [0.3, 0.4) is 0 Å². The molecule has 2 heterocycles. The SMILES string of the molecule is Cc1c(NC(=O)CSc2nnc(C(C)Oc3ccc(Cl)cc3Cl)n2C)c(=O)n(-c2ccccc2)n1C. The number of carbonyl (C=O) groups is 1. The summed E-state index contributed by atoms with van der Waals surface area (Å²) < 4.78 is 10.9. The number of ether oxygens (including phenoxy) is 1. The monoisotopic (exact) mass is 546 g/mol. The molecule has 0 aliphatic heterocycles. The van der Waals surface area contributed by atoms with Crippen molar-refractivity contribution < 1.29 is 9.53 Å². The number of hydrogen-bond donors (Lipinski definition) is 1. The molecule has 0 fully saturated rings. The van der Waals surface area contributed by atoms with E-state index in [1.165, 1.54) is 16.4 Å².